The highest BCUT2D eigenvalue weighted by molar-refractivity contribution is 6.31. The van der Waals surface area contributed by atoms with Gasteiger partial charge in [-0.1, -0.05) is 29.8 Å². The lowest BCUT2D eigenvalue weighted by atomic mass is 10.2. The molecule has 0 radical (unpaired) electrons. The van der Waals surface area contributed by atoms with E-state index in [1.54, 1.807) is 6.07 Å². The van der Waals surface area contributed by atoms with E-state index in [4.69, 9.17) is 16.3 Å². The van der Waals surface area contributed by atoms with Crippen molar-refractivity contribution in [1.82, 2.24) is 0 Å². The van der Waals surface area contributed by atoms with Crippen molar-refractivity contribution in [3.05, 3.63) is 63.7 Å². The lowest BCUT2D eigenvalue weighted by Crippen LogP contribution is -2.08. The molecule has 0 aliphatic carbocycles. The van der Waals surface area contributed by atoms with Crippen molar-refractivity contribution in [2.24, 2.45) is 0 Å². The highest BCUT2D eigenvalue weighted by atomic mass is 35.5. The zero-order chi connectivity index (χ0) is 15.1. The number of nitro benzene ring substituents is 1. The molecule has 0 atom stereocenters. The summed E-state index contributed by atoms with van der Waals surface area (Å²) in [4.78, 5) is 10.5. The highest BCUT2D eigenvalue weighted by Crippen LogP contribution is 2.27. The molecule has 0 saturated carbocycles. The summed E-state index contributed by atoms with van der Waals surface area (Å²) in [6.07, 6.45) is 0.721. The predicted molar refractivity (Wildman–Crippen MR) is 83.2 cm³/mol. The molecule has 0 saturated heterocycles. The van der Waals surface area contributed by atoms with E-state index < -0.39 is 4.92 Å². The SMILES string of the molecule is O=[N+]([O-])c1ccc(Cl)cc1NCCCOc1ccccc1. The normalized spacial score (nSPS) is 10.1. The van der Waals surface area contributed by atoms with E-state index in [2.05, 4.69) is 5.32 Å². The van der Waals surface area contributed by atoms with E-state index in [1.165, 1.54) is 12.1 Å². The van der Waals surface area contributed by atoms with Crippen molar-refractivity contribution >= 4 is 23.0 Å². The summed E-state index contributed by atoms with van der Waals surface area (Å²) in [7, 11) is 0. The number of rotatable bonds is 7. The molecule has 2 rings (SSSR count). The molecule has 0 aliphatic rings. The number of ether oxygens (including phenoxy) is 1. The number of nitrogens with one attached hydrogen (secondary N) is 1. The molecule has 0 spiro atoms. The summed E-state index contributed by atoms with van der Waals surface area (Å²) >= 11 is 5.85. The number of hydrogen-bond acceptors (Lipinski definition) is 4. The van der Waals surface area contributed by atoms with Gasteiger partial charge in [-0.2, -0.15) is 0 Å². The lowest BCUT2D eigenvalue weighted by molar-refractivity contribution is -0.384. The number of para-hydroxylation sites is 1. The molecule has 1 N–H and O–H groups in total. The van der Waals surface area contributed by atoms with E-state index in [0.29, 0.717) is 23.9 Å². The molecule has 0 unspecified atom stereocenters. The number of hydrogen-bond donors (Lipinski definition) is 1. The molecule has 0 fully saturated rings. The van der Waals surface area contributed by atoms with Crippen LogP contribution >= 0.6 is 11.6 Å². The molecule has 0 aromatic heterocycles. The van der Waals surface area contributed by atoms with Gasteiger partial charge >= 0.3 is 0 Å². The number of benzene rings is 2. The number of nitrogens with zero attached hydrogens (tertiary/aromatic N) is 1. The zero-order valence-corrected chi connectivity index (χ0v) is 12.0. The molecular formula is C15H15ClN2O3. The van der Waals surface area contributed by atoms with Crippen LogP contribution in [0.5, 0.6) is 5.75 Å². The maximum Gasteiger partial charge on any atom is 0.292 e. The zero-order valence-electron chi connectivity index (χ0n) is 11.3. The molecule has 0 heterocycles. The van der Waals surface area contributed by atoms with Crippen molar-refractivity contribution < 1.29 is 9.66 Å². The van der Waals surface area contributed by atoms with Crippen molar-refractivity contribution in [2.45, 2.75) is 6.42 Å². The van der Waals surface area contributed by atoms with E-state index in [9.17, 15) is 10.1 Å². The van der Waals surface area contributed by atoms with Gasteiger partial charge < -0.3 is 10.1 Å². The first-order valence-electron chi connectivity index (χ1n) is 6.52. The third-order valence-corrected chi connectivity index (χ3v) is 3.04. The molecule has 0 aliphatic heterocycles. The first kappa shape index (κ1) is 15.1. The first-order valence-corrected chi connectivity index (χ1v) is 6.90. The van der Waals surface area contributed by atoms with Crippen molar-refractivity contribution in [2.75, 3.05) is 18.5 Å². The second-order valence-corrected chi connectivity index (χ2v) is 4.80. The van der Waals surface area contributed by atoms with Gasteiger partial charge in [-0.15, -0.1) is 0 Å². The average molecular weight is 307 g/mol. The van der Waals surface area contributed by atoms with Gasteiger partial charge in [-0.3, -0.25) is 10.1 Å². The standard InChI is InChI=1S/C15H15ClN2O3/c16-12-7-8-15(18(19)20)14(11-12)17-9-4-10-21-13-5-2-1-3-6-13/h1-3,5-8,11,17H,4,9-10H2. The van der Waals surface area contributed by atoms with Gasteiger partial charge in [-0.25, -0.2) is 0 Å². The van der Waals surface area contributed by atoms with Crippen LogP contribution in [0.25, 0.3) is 0 Å². The van der Waals surface area contributed by atoms with Crippen LogP contribution in [0.2, 0.25) is 5.02 Å². The van der Waals surface area contributed by atoms with Crippen LogP contribution in [0.4, 0.5) is 11.4 Å². The summed E-state index contributed by atoms with van der Waals surface area (Å²) < 4.78 is 5.55. The fraction of sp³-hybridized carbons (Fsp3) is 0.200. The smallest absolute Gasteiger partial charge is 0.292 e. The van der Waals surface area contributed by atoms with Crippen LogP contribution in [-0.4, -0.2) is 18.1 Å². The second-order valence-electron chi connectivity index (χ2n) is 4.36. The van der Waals surface area contributed by atoms with Crippen LogP contribution < -0.4 is 10.1 Å². The predicted octanol–water partition coefficient (Wildman–Crippen LogP) is 4.13. The molecular weight excluding hydrogens is 292 g/mol. The molecule has 0 bridgehead atoms. The summed E-state index contributed by atoms with van der Waals surface area (Å²) in [6, 6.07) is 14.0. The quantitative estimate of drug-likeness (QED) is 0.474. The Kier molecular flexibility index (Phi) is 5.40. The van der Waals surface area contributed by atoms with Gasteiger partial charge in [0.1, 0.15) is 11.4 Å². The van der Waals surface area contributed by atoms with Crippen molar-refractivity contribution in [3.8, 4) is 5.75 Å². The second kappa shape index (κ2) is 7.50. The number of anilines is 1. The molecule has 2 aromatic rings. The van der Waals surface area contributed by atoms with E-state index in [-0.39, 0.29) is 5.69 Å². The molecule has 0 amide bonds. The number of nitro groups is 1. The Morgan fingerprint density at radius 2 is 1.95 bits per heavy atom. The van der Waals surface area contributed by atoms with E-state index in [0.717, 1.165) is 12.2 Å². The summed E-state index contributed by atoms with van der Waals surface area (Å²) in [5.41, 5.74) is 0.440. The summed E-state index contributed by atoms with van der Waals surface area (Å²) in [5, 5.41) is 14.4. The summed E-state index contributed by atoms with van der Waals surface area (Å²) in [6.45, 7) is 1.10. The van der Waals surface area contributed by atoms with Gasteiger partial charge in [0.2, 0.25) is 0 Å². The maximum absolute atomic E-state index is 10.9. The number of halogens is 1. The summed E-state index contributed by atoms with van der Waals surface area (Å²) in [5.74, 6) is 0.811. The molecule has 110 valence electrons. The van der Waals surface area contributed by atoms with Gasteiger partial charge in [-0.05, 0) is 30.7 Å². The first-order chi connectivity index (χ1) is 10.2. The van der Waals surface area contributed by atoms with Gasteiger partial charge in [0.05, 0.1) is 11.5 Å². The Labute approximate surface area is 127 Å². The maximum atomic E-state index is 10.9. The van der Waals surface area contributed by atoms with E-state index >= 15 is 0 Å². The third kappa shape index (κ3) is 4.65. The lowest BCUT2D eigenvalue weighted by Gasteiger charge is -2.08. The van der Waals surface area contributed by atoms with Crippen LogP contribution in [0.3, 0.4) is 0 Å². The molecule has 6 heteroatoms. The molecule has 2 aromatic carbocycles. The third-order valence-electron chi connectivity index (χ3n) is 2.80. The van der Waals surface area contributed by atoms with Crippen LogP contribution in [0.1, 0.15) is 6.42 Å². The Bertz CT molecular complexity index is 605. The minimum Gasteiger partial charge on any atom is -0.494 e. The van der Waals surface area contributed by atoms with Gasteiger partial charge in [0.25, 0.3) is 5.69 Å². The largest absolute Gasteiger partial charge is 0.494 e. The topological polar surface area (TPSA) is 64.4 Å². The Morgan fingerprint density at radius 1 is 1.19 bits per heavy atom. The van der Waals surface area contributed by atoms with Crippen LogP contribution in [-0.2, 0) is 0 Å². The monoisotopic (exact) mass is 306 g/mol. The molecule has 5 nitrogen and oxygen atoms in total. The highest BCUT2D eigenvalue weighted by Gasteiger charge is 2.13. The Hall–Kier alpha value is -2.27. The van der Waals surface area contributed by atoms with E-state index in [1.807, 2.05) is 30.3 Å². The van der Waals surface area contributed by atoms with Gasteiger partial charge in [0, 0.05) is 17.6 Å². The van der Waals surface area contributed by atoms with Crippen molar-refractivity contribution in [1.29, 1.82) is 0 Å². The Balaban J connectivity index is 1.81. The fourth-order valence-corrected chi connectivity index (χ4v) is 1.98. The molecule has 21 heavy (non-hydrogen) atoms. The average Bonchev–Trinajstić information content (AvgIpc) is 2.48. The minimum absolute atomic E-state index is 0.0170. The van der Waals surface area contributed by atoms with Gasteiger partial charge in [0.15, 0.2) is 0 Å². The van der Waals surface area contributed by atoms with Crippen molar-refractivity contribution in [3.63, 3.8) is 0 Å². The Morgan fingerprint density at radius 3 is 2.67 bits per heavy atom. The minimum atomic E-state index is -0.431. The fourth-order valence-electron chi connectivity index (χ4n) is 1.81. The van der Waals surface area contributed by atoms with Crippen LogP contribution in [0, 0.1) is 10.1 Å². The van der Waals surface area contributed by atoms with Crippen LogP contribution in [0.15, 0.2) is 48.5 Å².